The first-order chi connectivity index (χ1) is 15.0. The van der Waals surface area contributed by atoms with E-state index in [1.54, 1.807) is 0 Å². The molecule has 158 valence electrons. The number of hydrogen-bond donors (Lipinski definition) is 2. The second kappa shape index (κ2) is 9.67. The fraction of sp³-hybridized carbons (Fsp3) is 0.174. The molecule has 31 heavy (non-hydrogen) atoms. The first kappa shape index (κ1) is 21.6. The van der Waals surface area contributed by atoms with Crippen molar-refractivity contribution in [3.05, 3.63) is 69.8 Å². The molecule has 0 unspecified atom stereocenters. The number of nitrogens with zero attached hydrogens (tertiary/aromatic N) is 2. The summed E-state index contributed by atoms with van der Waals surface area (Å²) in [6.07, 6.45) is 6.34. The van der Waals surface area contributed by atoms with Gasteiger partial charge in [0.25, 0.3) is 0 Å². The van der Waals surface area contributed by atoms with E-state index in [0.717, 1.165) is 20.4 Å². The molecule has 2 aromatic carbocycles. The number of aromatic nitrogens is 1. The van der Waals surface area contributed by atoms with Crippen molar-refractivity contribution in [2.24, 2.45) is 0 Å². The first-order valence-electron chi connectivity index (χ1n) is 9.80. The van der Waals surface area contributed by atoms with E-state index >= 15 is 0 Å². The van der Waals surface area contributed by atoms with Crippen LogP contribution in [0.4, 0.5) is 5.69 Å². The van der Waals surface area contributed by atoms with E-state index in [0.29, 0.717) is 13.1 Å². The summed E-state index contributed by atoms with van der Waals surface area (Å²) in [5, 5.41) is 18.3. The van der Waals surface area contributed by atoms with Gasteiger partial charge in [0.05, 0.1) is 0 Å². The number of para-hydroxylation sites is 2. The molecule has 1 aliphatic heterocycles. The van der Waals surface area contributed by atoms with Crippen LogP contribution >= 0.6 is 0 Å². The Kier molecular flexibility index (Phi) is 6.73. The summed E-state index contributed by atoms with van der Waals surface area (Å²) < 4.78 is 6.88. The average molecular weight is 547 g/mol. The van der Waals surface area contributed by atoms with Crippen molar-refractivity contribution in [1.82, 2.24) is 0 Å². The number of aliphatic carboxylic acids is 2. The zero-order chi connectivity index (χ0) is 21.8. The number of aryl methyl sites for hydroxylation is 1. The summed E-state index contributed by atoms with van der Waals surface area (Å²) in [6.45, 7) is 0.898. The van der Waals surface area contributed by atoms with Crippen LogP contribution < -0.4 is 13.9 Å². The predicted molar refractivity (Wildman–Crippen MR) is 122 cm³/mol. The Morgan fingerprint density at radius 2 is 1.74 bits per heavy atom. The molecule has 0 atom stereocenters. The van der Waals surface area contributed by atoms with Gasteiger partial charge in [-0.15, -0.1) is 0 Å². The maximum atomic E-state index is 11.1. The van der Waals surface area contributed by atoms with Crippen LogP contribution in [0.1, 0.15) is 17.4 Å². The summed E-state index contributed by atoms with van der Waals surface area (Å²) in [6, 6.07) is 16.3. The molecule has 0 bridgehead atoms. The van der Waals surface area contributed by atoms with Gasteiger partial charge in [-0.3, -0.25) is 0 Å². The van der Waals surface area contributed by atoms with Crippen LogP contribution in [0.2, 0.25) is 0 Å². The normalized spacial score (nSPS) is 14.6. The van der Waals surface area contributed by atoms with Crippen molar-refractivity contribution in [3.8, 4) is 0 Å². The van der Waals surface area contributed by atoms with Gasteiger partial charge in [-0.2, -0.15) is 0 Å². The van der Waals surface area contributed by atoms with E-state index in [1.807, 2.05) is 42.5 Å². The van der Waals surface area contributed by atoms with Crippen molar-refractivity contribution >= 4 is 67.4 Å². The van der Waals surface area contributed by atoms with E-state index in [4.69, 9.17) is 10.2 Å². The third-order valence-electron chi connectivity index (χ3n) is 4.85. The first-order valence-corrected chi connectivity index (χ1v) is 13.2. The van der Waals surface area contributed by atoms with Gasteiger partial charge in [0.15, 0.2) is 0 Å². The van der Waals surface area contributed by atoms with Crippen LogP contribution in [0.3, 0.4) is 0 Å². The number of carbonyl (C=O) groups is 2. The Hall–Kier alpha value is -2.63. The zero-order valence-electron chi connectivity index (χ0n) is 16.6. The molecule has 2 N–H and O–H groups in total. The Bertz CT molecular complexity index is 1200. The molecule has 2 heterocycles. The fourth-order valence-corrected chi connectivity index (χ4v) is 8.06. The Morgan fingerprint density at radius 3 is 2.55 bits per heavy atom. The summed E-state index contributed by atoms with van der Waals surface area (Å²) in [7, 11) is 0. The Morgan fingerprint density at radius 1 is 1.00 bits per heavy atom. The number of carboxylic acids is 2. The van der Waals surface area contributed by atoms with E-state index < -0.39 is 11.9 Å². The Labute approximate surface area is 192 Å². The molecular weight excluding hydrogens is 526 g/mol. The monoisotopic (exact) mass is 549 g/mol. The quantitative estimate of drug-likeness (QED) is 0.333. The fourth-order valence-electron chi connectivity index (χ4n) is 3.44. The molecule has 6 nitrogen and oxygen atoms in total. The molecule has 0 spiro atoms. The molecular formula is C23H21N2O4Se2+. The van der Waals surface area contributed by atoms with Crippen LogP contribution in [-0.2, 0) is 16.1 Å². The molecule has 1 aromatic heterocycles. The number of rotatable bonds is 8. The van der Waals surface area contributed by atoms with Gasteiger partial charge >= 0.3 is 192 Å². The van der Waals surface area contributed by atoms with Gasteiger partial charge in [-0.05, 0) is 0 Å². The number of hydrogen-bond acceptors (Lipinski definition) is 3. The maximum absolute atomic E-state index is 11.1. The molecule has 0 fully saturated rings. The van der Waals surface area contributed by atoms with Gasteiger partial charge in [0.2, 0.25) is 0 Å². The third-order valence-corrected chi connectivity index (χ3v) is 9.59. The second-order valence-electron chi connectivity index (χ2n) is 6.93. The van der Waals surface area contributed by atoms with E-state index in [-0.39, 0.29) is 42.3 Å². The molecule has 0 aliphatic carbocycles. The molecule has 0 radical (unpaired) electrons. The number of allylic oxidation sites excluding steroid dienone is 2. The number of anilines is 1. The average Bonchev–Trinajstić information content (AvgIpc) is 3.28. The van der Waals surface area contributed by atoms with Gasteiger partial charge in [0, 0.05) is 0 Å². The van der Waals surface area contributed by atoms with Crippen molar-refractivity contribution in [1.29, 1.82) is 0 Å². The van der Waals surface area contributed by atoms with Crippen molar-refractivity contribution in [3.63, 3.8) is 0 Å². The molecule has 1 aliphatic rings. The van der Waals surface area contributed by atoms with Crippen molar-refractivity contribution in [2.75, 3.05) is 11.4 Å². The van der Waals surface area contributed by atoms with Crippen LogP contribution in [0.25, 0.3) is 15.9 Å². The number of benzene rings is 2. The van der Waals surface area contributed by atoms with Gasteiger partial charge in [0.1, 0.15) is 0 Å². The van der Waals surface area contributed by atoms with E-state index in [1.165, 1.54) is 8.72 Å². The molecule has 4 rings (SSSR count). The van der Waals surface area contributed by atoms with Crippen LogP contribution in [0.15, 0.2) is 65.3 Å². The summed E-state index contributed by atoms with van der Waals surface area (Å²) in [5.41, 5.74) is 2.19. The van der Waals surface area contributed by atoms with Crippen LogP contribution in [-0.4, -0.2) is 58.2 Å². The molecule has 0 saturated heterocycles. The number of fused-ring (bicyclic) bond motifs is 2. The zero-order valence-corrected chi connectivity index (χ0v) is 20.0. The minimum absolute atomic E-state index is 0.0875. The van der Waals surface area contributed by atoms with E-state index in [2.05, 4.69) is 33.8 Å². The van der Waals surface area contributed by atoms with E-state index in [9.17, 15) is 9.59 Å². The molecule has 0 saturated carbocycles. The second-order valence-corrected chi connectivity index (χ2v) is 11.4. The summed E-state index contributed by atoms with van der Waals surface area (Å²) in [5.74, 6) is -1.61. The molecule has 8 heteroatoms. The van der Waals surface area contributed by atoms with Gasteiger partial charge < -0.3 is 0 Å². The summed E-state index contributed by atoms with van der Waals surface area (Å²) >= 11 is 0.244. The SMILES string of the molecule is O=C(O)CCN1/C(=C\C=C\c2[se]c3ccccc3[n+]2CCC(=O)O)[Se]c2ccccc21. The number of carboxylic acid groups (broad SMARTS) is 2. The van der Waals surface area contributed by atoms with Crippen molar-refractivity contribution in [2.45, 2.75) is 19.4 Å². The van der Waals surface area contributed by atoms with Crippen LogP contribution in [0, 0.1) is 0 Å². The standard InChI is InChI=1S/C23H20N2O4Se2/c26-22(27)12-14-24-16-6-1-3-8-18(16)30-20(24)10-5-11-21-25(15-13-23(28)29)17-7-2-4-9-19(17)31-21/h1-11H,12-15H2,(H-,26,27,28,29)/p+1. The predicted octanol–water partition coefficient (Wildman–Crippen LogP) is 1.84. The van der Waals surface area contributed by atoms with Gasteiger partial charge in [-0.25, -0.2) is 0 Å². The van der Waals surface area contributed by atoms with Crippen molar-refractivity contribution < 1.29 is 24.4 Å². The molecule has 3 aromatic rings. The Balaban J connectivity index is 1.62. The van der Waals surface area contributed by atoms with Gasteiger partial charge in [-0.1, -0.05) is 0 Å². The summed E-state index contributed by atoms with van der Waals surface area (Å²) in [4.78, 5) is 24.3. The topological polar surface area (TPSA) is 81.7 Å². The minimum atomic E-state index is -0.803. The third kappa shape index (κ3) is 5.00. The van der Waals surface area contributed by atoms with Crippen LogP contribution in [0.5, 0.6) is 0 Å². The molecule has 0 amide bonds.